The van der Waals surface area contributed by atoms with Crippen LogP contribution in [0.2, 0.25) is 0 Å². The van der Waals surface area contributed by atoms with Crippen molar-refractivity contribution in [3.8, 4) is 0 Å². The van der Waals surface area contributed by atoms with Crippen LogP contribution in [0.1, 0.15) is 39.5 Å². The van der Waals surface area contributed by atoms with E-state index in [-0.39, 0.29) is 30.8 Å². The van der Waals surface area contributed by atoms with Crippen LogP contribution in [0.5, 0.6) is 0 Å². The normalized spacial score (nSPS) is 11.2. The predicted molar refractivity (Wildman–Crippen MR) is 77.1 cm³/mol. The molecular formula is C13H27N3O4. The first-order chi connectivity index (χ1) is 9.22. The third-order valence-electron chi connectivity index (χ3n) is 2.40. The van der Waals surface area contributed by atoms with E-state index >= 15 is 0 Å². The highest BCUT2D eigenvalue weighted by atomic mass is 16.4. The van der Waals surface area contributed by atoms with Gasteiger partial charge < -0.3 is 16.2 Å². The lowest BCUT2D eigenvalue weighted by molar-refractivity contribution is -0.137. The van der Waals surface area contributed by atoms with Crippen molar-refractivity contribution in [3.05, 3.63) is 0 Å². The molecule has 0 aromatic rings. The number of unbranched alkanes of at least 4 members (excludes halogenated alkanes) is 1. The summed E-state index contributed by atoms with van der Waals surface area (Å²) >= 11 is 0. The summed E-state index contributed by atoms with van der Waals surface area (Å²) in [5.74, 6) is -1.31. The molecule has 4 N–H and O–H groups in total. The number of nitrogens with two attached hydrogens (primary N) is 1. The van der Waals surface area contributed by atoms with E-state index in [1.54, 1.807) is 0 Å². The molecule has 0 bridgehead atoms. The van der Waals surface area contributed by atoms with Crippen molar-refractivity contribution in [2.45, 2.75) is 45.6 Å². The number of carbonyl (C=O) groups is 3. The van der Waals surface area contributed by atoms with Crippen LogP contribution >= 0.6 is 0 Å². The average Bonchev–Trinajstić information content (AvgIpc) is 2.27. The van der Waals surface area contributed by atoms with Crippen molar-refractivity contribution in [2.75, 3.05) is 20.6 Å². The molecule has 118 valence electrons. The quantitative estimate of drug-likeness (QED) is 0.437. The van der Waals surface area contributed by atoms with Crippen LogP contribution in [0.25, 0.3) is 0 Å². The lowest BCUT2D eigenvalue weighted by Gasteiger charge is -2.23. The molecule has 0 aliphatic heterocycles. The second kappa shape index (κ2) is 12.4. The molecule has 0 saturated heterocycles. The smallest absolute Gasteiger partial charge is 0.305 e. The number of carboxylic acids is 1. The predicted octanol–water partition coefficient (Wildman–Crippen LogP) is 0.189. The van der Waals surface area contributed by atoms with Gasteiger partial charge in [-0.2, -0.15) is 0 Å². The summed E-state index contributed by atoms with van der Waals surface area (Å²) < 4.78 is 0. The van der Waals surface area contributed by atoms with Gasteiger partial charge >= 0.3 is 5.97 Å². The fourth-order valence-electron chi connectivity index (χ4n) is 1.43. The molecule has 0 saturated carbocycles. The number of rotatable bonds is 8. The number of nitrogens with one attached hydrogen (secondary N) is 1. The van der Waals surface area contributed by atoms with Gasteiger partial charge in [0.1, 0.15) is 0 Å². The number of primary amides is 1. The topological polar surface area (TPSA) is 113 Å². The highest BCUT2D eigenvalue weighted by Crippen LogP contribution is 2.05. The molecule has 2 amide bonds. The van der Waals surface area contributed by atoms with Crippen molar-refractivity contribution in [1.82, 2.24) is 10.2 Å². The number of aliphatic carboxylic acids is 1. The van der Waals surface area contributed by atoms with Crippen molar-refractivity contribution in [2.24, 2.45) is 5.73 Å². The van der Waals surface area contributed by atoms with E-state index in [1.807, 2.05) is 19.0 Å². The fourth-order valence-corrected chi connectivity index (χ4v) is 1.43. The van der Waals surface area contributed by atoms with Crippen molar-refractivity contribution in [3.63, 3.8) is 0 Å². The summed E-state index contributed by atoms with van der Waals surface area (Å²) in [7, 11) is 3.72. The first kappa shape index (κ1) is 20.7. The van der Waals surface area contributed by atoms with E-state index in [2.05, 4.69) is 18.0 Å². The van der Waals surface area contributed by atoms with E-state index in [0.717, 1.165) is 19.3 Å². The monoisotopic (exact) mass is 294 g/mol. The Morgan fingerprint density at radius 3 is 2.15 bits per heavy atom. The lowest BCUT2D eigenvalue weighted by Crippen LogP contribution is -2.44. The number of nitrogens with zero attached hydrogens (tertiary/aromatic N) is 1. The molecule has 0 spiro atoms. The Morgan fingerprint density at radius 2 is 1.80 bits per heavy atom. The van der Waals surface area contributed by atoms with Crippen molar-refractivity contribution in [1.29, 1.82) is 0 Å². The molecule has 0 radical (unpaired) electrons. The summed E-state index contributed by atoms with van der Waals surface area (Å²) in [6, 6.07) is -0.159. The van der Waals surface area contributed by atoms with Gasteiger partial charge in [0.15, 0.2) is 0 Å². The SMILES string of the molecule is C[13C](N)=O.C[15N]([13CH3])C(CCC[13CH3])C(=O)N[13CH2]CC(=O)O. The Balaban J connectivity index is 0. The van der Waals surface area contributed by atoms with Crippen LogP contribution in [-0.2, 0) is 14.4 Å². The van der Waals surface area contributed by atoms with Crippen molar-refractivity contribution < 1.29 is 19.5 Å². The summed E-state index contributed by atoms with van der Waals surface area (Å²) in [4.78, 5) is 33.1. The maximum Gasteiger partial charge on any atom is 0.305 e. The van der Waals surface area contributed by atoms with Gasteiger partial charge in [0, 0.05) is 13.5 Å². The van der Waals surface area contributed by atoms with Gasteiger partial charge in [-0.3, -0.25) is 19.3 Å². The lowest BCUT2D eigenvalue weighted by atomic mass is 10.1. The molecule has 20 heavy (non-hydrogen) atoms. The minimum absolute atomic E-state index is 0.0281. The van der Waals surface area contributed by atoms with Gasteiger partial charge in [-0.05, 0) is 20.5 Å². The zero-order valence-electron chi connectivity index (χ0n) is 12.8. The average molecular weight is 294 g/mol. The largest absolute Gasteiger partial charge is 0.481 e. The Kier molecular flexibility index (Phi) is 12.8. The van der Waals surface area contributed by atoms with Gasteiger partial charge in [-0.25, -0.2) is 0 Å². The summed E-state index contributed by atoms with van der Waals surface area (Å²) in [5, 5.41) is 11.1. The Hall–Kier alpha value is -1.63. The minimum Gasteiger partial charge on any atom is -0.481 e. The molecular weight excluding hydrogens is 267 g/mol. The third-order valence-corrected chi connectivity index (χ3v) is 2.40. The second-order valence-electron chi connectivity index (χ2n) is 4.67. The van der Waals surface area contributed by atoms with Gasteiger partial charge in [-0.1, -0.05) is 19.8 Å². The Bertz CT molecular complexity index is 302. The molecule has 0 aliphatic carbocycles. The van der Waals surface area contributed by atoms with E-state index < -0.39 is 5.97 Å². The number of carboxylic acid groups (broad SMARTS) is 1. The molecule has 7 nitrogen and oxygen atoms in total. The molecule has 0 rings (SSSR count). The molecule has 0 aromatic heterocycles. The van der Waals surface area contributed by atoms with Gasteiger partial charge in [-0.15, -0.1) is 0 Å². The third kappa shape index (κ3) is 14.4. The Morgan fingerprint density at radius 1 is 1.30 bits per heavy atom. The first-order valence-electron chi connectivity index (χ1n) is 6.64. The van der Waals surface area contributed by atoms with Crippen LogP contribution in [0, 0.1) is 0 Å². The second-order valence-corrected chi connectivity index (χ2v) is 4.67. The molecule has 0 fully saturated rings. The van der Waals surface area contributed by atoms with Crippen LogP contribution in [0.15, 0.2) is 0 Å². The molecule has 0 aliphatic rings. The van der Waals surface area contributed by atoms with E-state index in [0.29, 0.717) is 0 Å². The highest BCUT2D eigenvalue weighted by molar-refractivity contribution is 5.82. The molecule has 0 aromatic carbocycles. The standard InChI is InChI=1S/C11H22N2O3.C2H5NO/c1-4-5-6-9(13(2)3)11(16)12-8-7-10(14)15;1-2(3)4/h9H,4-8H2,1-3H3,(H,12,16)(H,14,15);1H3,(H2,3,4)/i1+1,2+1,8+1,13+1;2+1. The van der Waals surface area contributed by atoms with Crippen LogP contribution in [0.3, 0.4) is 0 Å². The molecule has 1 atom stereocenters. The summed E-state index contributed by atoms with van der Waals surface area (Å²) in [6.07, 6.45) is 2.82. The van der Waals surface area contributed by atoms with Crippen molar-refractivity contribution >= 4 is 17.8 Å². The number of likely N-dealkylation sites (N-methyl/N-ethyl adjacent to an activating group) is 1. The first-order valence-corrected chi connectivity index (χ1v) is 6.64. The van der Waals surface area contributed by atoms with E-state index in [4.69, 9.17) is 5.11 Å². The zero-order valence-corrected chi connectivity index (χ0v) is 12.8. The van der Waals surface area contributed by atoms with Gasteiger partial charge in [0.2, 0.25) is 11.8 Å². The van der Waals surface area contributed by atoms with Crippen LogP contribution in [-0.4, -0.2) is 54.5 Å². The maximum absolute atomic E-state index is 11.7. The summed E-state index contributed by atoms with van der Waals surface area (Å²) in [6.45, 7) is 3.58. The number of hydrogen-bond acceptors (Lipinski definition) is 4. The maximum atomic E-state index is 11.7. The van der Waals surface area contributed by atoms with E-state index in [1.165, 1.54) is 6.92 Å². The van der Waals surface area contributed by atoms with Crippen LogP contribution < -0.4 is 11.1 Å². The summed E-state index contributed by atoms with van der Waals surface area (Å²) in [5.41, 5.74) is 4.47. The molecule has 1 unspecified atom stereocenters. The molecule has 0 heterocycles. The zero-order chi connectivity index (χ0) is 16.1. The van der Waals surface area contributed by atoms with Crippen LogP contribution in [0.4, 0.5) is 0 Å². The number of hydrogen-bond donors (Lipinski definition) is 3. The Labute approximate surface area is 120 Å². The highest BCUT2D eigenvalue weighted by Gasteiger charge is 2.19. The molecule has 7 heteroatoms. The fraction of sp³-hybridized carbons (Fsp3) is 0.769. The number of amides is 2. The van der Waals surface area contributed by atoms with Gasteiger partial charge in [0.25, 0.3) is 0 Å². The number of carbonyl (C=O) groups excluding carboxylic acids is 2. The minimum atomic E-state index is -0.893. The van der Waals surface area contributed by atoms with Gasteiger partial charge in [0.05, 0.1) is 12.5 Å². The van der Waals surface area contributed by atoms with E-state index in [9.17, 15) is 14.4 Å².